The van der Waals surface area contributed by atoms with E-state index in [9.17, 15) is 4.79 Å². The van der Waals surface area contributed by atoms with Crippen molar-refractivity contribution in [2.24, 2.45) is 11.8 Å². The second-order valence-corrected chi connectivity index (χ2v) is 5.84. The summed E-state index contributed by atoms with van der Waals surface area (Å²) < 4.78 is 22.3. The molecule has 0 aromatic heterocycles. The largest absolute Gasteiger partial charge is 0.469 e. The Bertz CT molecular complexity index is 353. The zero-order chi connectivity index (χ0) is 12.9. The van der Waals surface area contributed by atoms with Crippen LogP contribution >= 0.6 is 0 Å². The van der Waals surface area contributed by atoms with Gasteiger partial charge >= 0.3 is 5.97 Å². The average Bonchev–Trinajstić information content (AvgIpc) is 2.88. The van der Waals surface area contributed by atoms with Gasteiger partial charge in [0, 0.05) is 12.3 Å². The van der Waals surface area contributed by atoms with Crippen LogP contribution in [0.5, 0.6) is 0 Å². The van der Waals surface area contributed by atoms with E-state index < -0.39 is 5.79 Å². The Morgan fingerprint density at radius 1 is 1.33 bits per heavy atom. The maximum atomic E-state index is 11.4. The number of esters is 1. The van der Waals surface area contributed by atoms with Crippen molar-refractivity contribution in [2.75, 3.05) is 7.11 Å². The first-order chi connectivity index (χ1) is 8.50. The highest BCUT2D eigenvalue weighted by molar-refractivity contribution is 5.69. The van der Waals surface area contributed by atoms with E-state index in [2.05, 4.69) is 0 Å². The molecular weight excluding hydrogens is 236 g/mol. The first-order valence-electron chi connectivity index (χ1n) is 6.58. The second kappa shape index (κ2) is 4.18. The van der Waals surface area contributed by atoms with E-state index in [0.717, 1.165) is 12.8 Å². The molecule has 2 heterocycles. The number of fused-ring (bicyclic) bond motifs is 3. The highest BCUT2D eigenvalue weighted by atomic mass is 16.8. The summed E-state index contributed by atoms with van der Waals surface area (Å²) in [5.74, 6) is -0.188. The number of hydrogen-bond donors (Lipinski definition) is 0. The van der Waals surface area contributed by atoms with Gasteiger partial charge in [-0.1, -0.05) is 0 Å². The number of carbonyl (C=O) groups excluding carboxylic acids is 1. The van der Waals surface area contributed by atoms with Crippen molar-refractivity contribution in [1.29, 1.82) is 0 Å². The van der Waals surface area contributed by atoms with Crippen molar-refractivity contribution in [3.8, 4) is 0 Å². The summed E-state index contributed by atoms with van der Waals surface area (Å²) in [6, 6.07) is 0. The van der Waals surface area contributed by atoms with Gasteiger partial charge in [-0.15, -0.1) is 0 Å². The van der Waals surface area contributed by atoms with Crippen molar-refractivity contribution >= 4 is 5.97 Å². The Hall–Kier alpha value is -0.650. The fraction of sp³-hybridized carbons (Fsp3) is 0.923. The number of methoxy groups -OCH3 is 1. The molecule has 0 amide bonds. The molecule has 18 heavy (non-hydrogen) atoms. The van der Waals surface area contributed by atoms with E-state index in [0.29, 0.717) is 6.42 Å². The molecule has 5 atom stereocenters. The first kappa shape index (κ1) is 12.4. The normalized spacial score (nSPS) is 44.7. The van der Waals surface area contributed by atoms with Gasteiger partial charge in [0.25, 0.3) is 0 Å². The molecule has 0 aromatic rings. The van der Waals surface area contributed by atoms with Gasteiger partial charge in [-0.05, 0) is 32.6 Å². The van der Waals surface area contributed by atoms with Crippen LogP contribution in [0.3, 0.4) is 0 Å². The predicted octanol–water partition coefficient (Wildman–Crippen LogP) is 1.45. The maximum Gasteiger partial charge on any atom is 0.305 e. The lowest BCUT2D eigenvalue weighted by Crippen LogP contribution is -2.31. The van der Waals surface area contributed by atoms with E-state index in [1.807, 2.05) is 13.8 Å². The SMILES string of the molecule is COC(=O)C[C@@H]1CC[C@H]2O[C@@H]3OC(C)(C)O[C@@H]3[C@@H]12. The van der Waals surface area contributed by atoms with Crippen molar-refractivity contribution in [2.45, 2.75) is 57.4 Å². The zero-order valence-corrected chi connectivity index (χ0v) is 11.0. The van der Waals surface area contributed by atoms with Gasteiger partial charge in [-0.25, -0.2) is 0 Å². The topological polar surface area (TPSA) is 54.0 Å². The van der Waals surface area contributed by atoms with Gasteiger partial charge in [-0.3, -0.25) is 4.79 Å². The molecule has 2 aliphatic heterocycles. The minimum absolute atomic E-state index is 0.0397. The quantitative estimate of drug-likeness (QED) is 0.700. The molecule has 2 saturated heterocycles. The van der Waals surface area contributed by atoms with Crippen molar-refractivity contribution in [3.63, 3.8) is 0 Å². The molecule has 102 valence electrons. The van der Waals surface area contributed by atoms with Crippen LogP contribution in [-0.4, -0.2) is 37.4 Å². The van der Waals surface area contributed by atoms with Crippen molar-refractivity contribution in [1.82, 2.24) is 0 Å². The average molecular weight is 256 g/mol. The van der Waals surface area contributed by atoms with Crippen LogP contribution in [0.1, 0.15) is 33.1 Å². The van der Waals surface area contributed by atoms with E-state index in [1.54, 1.807) is 0 Å². The molecule has 5 nitrogen and oxygen atoms in total. The smallest absolute Gasteiger partial charge is 0.305 e. The highest BCUT2D eigenvalue weighted by Gasteiger charge is 2.58. The van der Waals surface area contributed by atoms with Gasteiger partial charge in [-0.2, -0.15) is 0 Å². The minimum atomic E-state index is -0.585. The first-order valence-corrected chi connectivity index (χ1v) is 6.58. The highest BCUT2D eigenvalue weighted by Crippen LogP contribution is 2.50. The van der Waals surface area contributed by atoms with Crippen LogP contribution < -0.4 is 0 Å². The summed E-state index contributed by atoms with van der Waals surface area (Å²) in [6.07, 6.45) is 2.29. The Balaban J connectivity index is 1.72. The number of ether oxygens (including phenoxy) is 4. The molecule has 0 unspecified atom stereocenters. The van der Waals surface area contributed by atoms with Gasteiger partial charge in [0.1, 0.15) is 6.10 Å². The van der Waals surface area contributed by atoms with E-state index >= 15 is 0 Å². The van der Waals surface area contributed by atoms with E-state index in [-0.39, 0.29) is 36.3 Å². The van der Waals surface area contributed by atoms with Gasteiger partial charge in [0.2, 0.25) is 0 Å². The Morgan fingerprint density at radius 3 is 2.83 bits per heavy atom. The Morgan fingerprint density at radius 2 is 2.11 bits per heavy atom. The molecule has 0 spiro atoms. The van der Waals surface area contributed by atoms with Crippen molar-refractivity contribution < 1.29 is 23.7 Å². The summed E-state index contributed by atoms with van der Waals surface area (Å²) in [6.45, 7) is 3.79. The monoisotopic (exact) mass is 256 g/mol. The van der Waals surface area contributed by atoms with Gasteiger partial charge in [0.15, 0.2) is 12.1 Å². The molecule has 3 aliphatic rings. The summed E-state index contributed by atoms with van der Waals surface area (Å²) in [4.78, 5) is 11.4. The minimum Gasteiger partial charge on any atom is -0.469 e. The molecule has 0 radical (unpaired) electrons. The van der Waals surface area contributed by atoms with Gasteiger partial charge < -0.3 is 18.9 Å². The molecule has 0 aromatic carbocycles. The van der Waals surface area contributed by atoms with Crippen molar-refractivity contribution in [3.05, 3.63) is 0 Å². The third-order valence-corrected chi connectivity index (χ3v) is 4.23. The number of rotatable bonds is 2. The molecule has 5 heteroatoms. The lowest BCUT2D eigenvalue weighted by atomic mass is 9.88. The maximum absolute atomic E-state index is 11.4. The number of hydrogen-bond acceptors (Lipinski definition) is 5. The molecule has 1 aliphatic carbocycles. The van der Waals surface area contributed by atoms with Crippen LogP contribution in [0, 0.1) is 11.8 Å². The summed E-state index contributed by atoms with van der Waals surface area (Å²) in [7, 11) is 1.43. The van der Waals surface area contributed by atoms with E-state index in [1.165, 1.54) is 7.11 Å². The second-order valence-electron chi connectivity index (χ2n) is 5.84. The van der Waals surface area contributed by atoms with Crippen LogP contribution in [0.25, 0.3) is 0 Å². The number of carbonyl (C=O) groups is 1. The van der Waals surface area contributed by atoms with Gasteiger partial charge in [0.05, 0.1) is 13.2 Å². The molecule has 3 rings (SSSR count). The molecule has 1 saturated carbocycles. The Kier molecular flexibility index (Phi) is 2.88. The standard InChI is InChI=1S/C13H20O5/c1-13(2)17-11-10-7(6-9(14)15-3)4-5-8(10)16-12(11)18-13/h7-8,10-12H,4-6H2,1-3H3/t7-,8+,10-,11+,12+/m0/s1. The molecule has 0 bridgehead atoms. The van der Waals surface area contributed by atoms with Crippen LogP contribution in [0.15, 0.2) is 0 Å². The Labute approximate surface area is 107 Å². The fourth-order valence-corrected chi connectivity index (χ4v) is 3.54. The van der Waals surface area contributed by atoms with Crippen LogP contribution in [0.4, 0.5) is 0 Å². The molecule has 0 N–H and O–H groups in total. The summed E-state index contributed by atoms with van der Waals surface area (Å²) in [5, 5.41) is 0. The lowest BCUT2D eigenvalue weighted by Gasteiger charge is -2.24. The fourth-order valence-electron chi connectivity index (χ4n) is 3.54. The zero-order valence-electron chi connectivity index (χ0n) is 11.0. The predicted molar refractivity (Wildman–Crippen MR) is 61.5 cm³/mol. The van der Waals surface area contributed by atoms with E-state index in [4.69, 9.17) is 18.9 Å². The third-order valence-electron chi connectivity index (χ3n) is 4.23. The lowest BCUT2D eigenvalue weighted by molar-refractivity contribution is -0.208. The van der Waals surface area contributed by atoms with Crippen LogP contribution in [-0.2, 0) is 23.7 Å². The molecule has 3 fully saturated rings. The van der Waals surface area contributed by atoms with Crippen LogP contribution in [0.2, 0.25) is 0 Å². The molecular formula is C13H20O5. The summed E-state index contributed by atoms with van der Waals surface area (Å²) >= 11 is 0. The third kappa shape index (κ3) is 1.94. The summed E-state index contributed by atoms with van der Waals surface area (Å²) in [5.41, 5.74) is 0.